The molecule has 1 rings (SSSR count). The second-order valence-electron chi connectivity index (χ2n) is 4.08. The first-order valence-corrected chi connectivity index (χ1v) is 5.70. The average Bonchev–Trinajstić information content (AvgIpc) is 2.28. The van der Waals surface area contributed by atoms with Gasteiger partial charge in [0.15, 0.2) is 0 Å². The minimum Gasteiger partial charge on any atom is -0.469 e. The number of carbonyl (C=O) groups excluding carboxylic acids is 2. The fourth-order valence-electron chi connectivity index (χ4n) is 2.12. The van der Waals surface area contributed by atoms with Gasteiger partial charge < -0.3 is 10.1 Å². The number of methoxy groups -OCH3 is 1. The van der Waals surface area contributed by atoms with Crippen LogP contribution in [0.3, 0.4) is 0 Å². The molecule has 5 heteroatoms. The van der Waals surface area contributed by atoms with Gasteiger partial charge in [-0.15, -0.1) is 0 Å². The van der Waals surface area contributed by atoms with Crippen LogP contribution in [0.2, 0.25) is 0 Å². The standard InChI is InChI=1S/C11H20N2O3/c1-4-9-11(15)12-5-6-13(9)8(2)7-10(14)16-3/h8-9H,4-7H2,1-3H3,(H,12,15). The summed E-state index contributed by atoms with van der Waals surface area (Å²) >= 11 is 0. The Bertz CT molecular complexity index is 268. The lowest BCUT2D eigenvalue weighted by Crippen LogP contribution is -2.57. The van der Waals surface area contributed by atoms with E-state index in [1.54, 1.807) is 0 Å². The molecule has 1 saturated heterocycles. The maximum atomic E-state index is 11.6. The van der Waals surface area contributed by atoms with Crippen LogP contribution in [0, 0.1) is 0 Å². The number of ether oxygens (including phenoxy) is 1. The lowest BCUT2D eigenvalue weighted by atomic mass is 10.1. The van der Waals surface area contributed by atoms with Crippen molar-refractivity contribution in [3.63, 3.8) is 0 Å². The molecule has 1 N–H and O–H groups in total. The number of nitrogens with zero attached hydrogens (tertiary/aromatic N) is 1. The molecule has 1 heterocycles. The zero-order valence-corrected chi connectivity index (χ0v) is 10.2. The molecule has 16 heavy (non-hydrogen) atoms. The molecule has 0 saturated carbocycles. The Balaban J connectivity index is 2.61. The minimum atomic E-state index is -0.228. The first kappa shape index (κ1) is 13.0. The number of piperazine rings is 1. The molecule has 0 aromatic heterocycles. The van der Waals surface area contributed by atoms with Crippen molar-refractivity contribution < 1.29 is 14.3 Å². The summed E-state index contributed by atoms with van der Waals surface area (Å²) in [5, 5.41) is 2.84. The first-order valence-electron chi connectivity index (χ1n) is 5.70. The highest BCUT2D eigenvalue weighted by molar-refractivity contribution is 5.82. The molecule has 5 nitrogen and oxygen atoms in total. The Kier molecular flexibility index (Phi) is 4.73. The van der Waals surface area contributed by atoms with Crippen LogP contribution in [0.1, 0.15) is 26.7 Å². The van der Waals surface area contributed by atoms with E-state index in [0.29, 0.717) is 13.0 Å². The Morgan fingerprint density at radius 1 is 1.69 bits per heavy atom. The van der Waals surface area contributed by atoms with Crippen molar-refractivity contribution in [2.45, 2.75) is 38.8 Å². The third kappa shape index (κ3) is 2.95. The summed E-state index contributed by atoms with van der Waals surface area (Å²) in [6.07, 6.45) is 1.09. The van der Waals surface area contributed by atoms with Crippen molar-refractivity contribution in [1.82, 2.24) is 10.2 Å². The first-order chi connectivity index (χ1) is 7.60. The molecule has 1 aliphatic heterocycles. The van der Waals surface area contributed by atoms with E-state index < -0.39 is 0 Å². The predicted octanol–water partition coefficient (Wildman–Crippen LogP) is 0.148. The molecule has 0 radical (unpaired) electrons. The van der Waals surface area contributed by atoms with E-state index in [0.717, 1.165) is 13.0 Å². The fraction of sp³-hybridized carbons (Fsp3) is 0.818. The van der Waals surface area contributed by atoms with Crippen molar-refractivity contribution in [2.75, 3.05) is 20.2 Å². The molecule has 1 amide bonds. The fourth-order valence-corrected chi connectivity index (χ4v) is 2.12. The molecule has 0 aromatic carbocycles. The molecule has 0 aromatic rings. The SMILES string of the molecule is CCC1C(=O)NCCN1C(C)CC(=O)OC. The summed E-state index contributed by atoms with van der Waals surface area (Å²) in [6, 6.07) is -0.0724. The number of rotatable bonds is 4. The van der Waals surface area contributed by atoms with E-state index in [2.05, 4.69) is 15.0 Å². The number of esters is 1. The summed E-state index contributed by atoms with van der Waals surface area (Å²) in [5.74, 6) is -0.168. The number of carbonyl (C=O) groups is 2. The normalized spacial score (nSPS) is 23.7. The van der Waals surface area contributed by atoms with E-state index in [9.17, 15) is 9.59 Å². The minimum absolute atomic E-state index is 0.0449. The average molecular weight is 228 g/mol. The summed E-state index contributed by atoms with van der Waals surface area (Å²) in [5.41, 5.74) is 0. The third-order valence-corrected chi connectivity index (χ3v) is 3.01. The monoisotopic (exact) mass is 228 g/mol. The molecule has 0 aliphatic carbocycles. The van der Waals surface area contributed by atoms with Gasteiger partial charge in [0.25, 0.3) is 0 Å². The summed E-state index contributed by atoms with van der Waals surface area (Å²) < 4.78 is 4.64. The molecule has 1 aliphatic rings. The maximum absolute atomic E-state index is 11.6. The van der Waals surface area contributed by atoms with Gasteiger partial charge in [0, 0.05) is 19.1 Å². The highest BCUT2D eigenvalue weighted by atomic mass is 16.5. The van der Waals surface area contributed by atoms with Crippen LogP contribution < -0.4 is 5.32 Å². The molecule has 1 fully saturated rings. The second-order valence-corrected chi connectivity index (χ2v) is 4.08. The van der Waals surface area contributed by atoms with E-state index in [1.807, 2.05) is 13.8 Å². The maximum Gasteiger partial charge on any atom is 0.307 e. The van der Waals surface area contributed by atoms with Crippen LogP contribution in [0.5, 0.6) is 0 Å². The molecular formula is C11H20N2O3. The van der Waals surface area contributed by atoms with Crippen LogP contribution in [-0.2, 0) is 14.3 Å². The lowest BCUT2D eigenvalue weighted by molar-refractivity contribution is -0.143. The van der Waals surface area contributed by atoms with Gasteiger partial charge in [0.1, 0.15) is 0 Å². The van der Waals surface area contributed by atoms with Crippen LogP contribution in [-0.4, -0.2) is 49.1 Å². The van der Waals surface area contributed by atoms with Crippen LogP contribution >= 0.6 is 0 Å². The Morgan fingerprint density at radius 3 is 2.94 bits per heavy atom. The van der Waals surface area contributed by atoms with Gasteiger partial charge in [-0.25, -0.2) is 0 Å². The van der Waals surface area contributed by atoms with Crippen LogP contribution in [0.15, 0.2) is 0 Å². The smallest absolute Gasteiger partial charge is 0.307 e. The summed E-state index contributed by atoms with van der Waals surface area (Å²) in [6.45, 7) is 5.38. The van der Waals surface area contributed by atoms with Gasteiger partial charge in [-0.05, 0) is 13.3 Å². The van der Waals surface area contributed by atoms with Crippen molar-refractivity contribution in [3.05, 3.63) is 0 Å². The van der Waals surface area contributed by atoms with E-state index in [-0.39, 0.29) is 24.0 Å². The number of amides is 1. The quantitative estimate of drug-likeness (QED) is 0.696. The van der Waals surface area contributed by atoms with E-state index >= 15 is 0 Å². The number of nitrogens with one attached hydrogen (secondary N) is 1. The predicted molar refractivity (Wildman–Crippen MR) is 59.9 cm³/mol. The molecule has 0 bridgehead atoms. The number of hydrogen-bond acceptors (Lipinski definition) is 4. The summed E-state index contributed by atoms with van der Waals surface area (Å²) in [7, 11) is 1.38. The third-order valence-electron chi connectivity index (χ3n) is 3.01. The largest absolute Gasteiger partial charge is 0.469 e. The van der Waals surface area contributed by atoms with Crippen molar-refractivity contribution in [2.24, 2.45) is 0 Å². The van der Waals surface area contributed by atoms with E-state index in [4.69, 9.17) is 0 Å². The zero-order valence-electron chi connectivity index (χ0n) is 10.2. The highest BCUT2D eigenvalue weighted by Gasteiger charge is 2.31. The lowest BCUT2D eigenvalue weighted by Gasteiger charge is -2.38. The van der Waals surface area contributed by atoms with E-state index in [1.165, 1.54) is 7.11 Å². The van der Waals surface area contributed by atoms with Crippen molar-refractivity contribution in [3.8, 4) is 0 Å². The molecular weight excluding hydrogens is 208 g/mol. The number of hydrogen-bond donors (Lipinski definition) is 1. The second kappa shape index (κ2) is 5.84. The highest BCUT2D eigenvalue weighted by Crippen LogP contribution is 2.14. The van der Waals surface area contributed by atoms with Crippen LogP contribution in [0.25, 0.3) is 0 Å². The van der Waals surface area contributed by atoms with Gasteiger partial charge in [-0.3, -0.25) is 14.5 Å². The molecule has 0 spiro atoms. The van der Waals surface area contributed by atoms with Gasteiger partial charge in [0.05, 0.1) is 19.6 Å². The van der Waals surface area contributed by atoms with Gasteiger partial charge >= 0.3 is 5.97 Å². The molecule has 92 valence electrons. The Morgan fingerprint density at radius 2 is 2.38 bits per heavy atom. The van der Waals surface area contributed by atoms with Gasteiger partial charge in [0.2, 0.25) is 5.91 Å². The molecule has 2 atom stereocenters. The topological polar surface area (TPSA) is 58.6 Å². The van der Waals surface area contributed by atoms with Crippen LogP contribution in [0.4, 0.5) is 0 Å². The zero-order chi connectivity index (χ0) is 12.1. The van der Waals surface area contributed by atoms with Crippen molar-refractivity contribution in [1.29, 1.82) is 0 Å². The van der Waals surface area contributed by atoms with Gasteiger partial charge in [-0.1, -0.05) is 6.92 Å². The Hall–Kier alpha value is -1.10. The Labute approximate surface area is 96.1 Å². The summed E-state index contributed by atoms with van der Waals surface area (Å²) in [4.78, 5) is 24.9. The van der Waals surface area contributed by atoms with Gasteiger partial charge in [-0.2, -0.15) is 0 Å². The molecule has 2 unspecified atom stereocenters. The van der Waals surface area contributed by atoms with Crippen molar-refractivity contribution >= 4 is 11.9 Å².